The monoisotopic (exact) mass is 324 g/mol. The van der Waals surface area contributed by atoms with E-state index >= 15 is 0 Å². The Kier molecular flexibility index (Phi) is 5.84. The predicted octanol–water partition coefficient (Wildman–Crippen LogP) is 6.38. The minimum atomic E-state index is -1.67. The van der Waals surface area contributed by atoms with Crippen LogP contribution in [0.1, 0.15) is 36.0 Å². The summed E-state index contributed by atoms with van der Waals surface area (Å²) in [5, 5.41) is 0. The molecular weight excluding hydrogens is 296 g/mol. The fourth-order valence-electron chi connectivity index (χ4n) is 2.57. The Morgan fingerprint density at radius 1 is 1.00 bits per heavy atom. The van der Waals surface area contributed by atoms with Gasteiger partial charge < -0.3 is 4.43 Å². The van der Waals surface area contributed by atoms with Crippen molar-refractivity contribution >= 4 is 14.1 Å². The molecule has 0 fully saturated rings. The molecule has 0 bridgehead atoms. The molecule has 0 saturated carbocycles. The molecule has 2 aromatic carbocycles. The Hall–Kier alpha value is -1.80. The third-order valence-corrected chi connectivity index (χ3v) is 4.60. The van der Waals surface area contributed by atoms with Gasteiger partial charge in [0.25, 0.3) is 0 Å². The highest BCUT2D eigenvalue weighted by atomic mass is 28.4. The fraction of sp³-hybridized carbons (Fsp3) is 0.333. The van der Waals surface area contributed by atoms with Crippen LogP contribution in [-0.4, -0.2) is 8.32 Å². The molecule has 0 aliphatic rings. The Morgan fingerprint density at radius 3 is 2.13 bits per heavy atom. The zero-order valence-corrected chi connectivity index (χ0v) is 16.0. The van der Waals surface area contributed by atoms with Gasteiger partial charge in [-0.3, -0.25) is 0 Å². The number of rotatable bonds is 6. The normalized spacial score (nSPS) is 13.7. The van der Waals surface area contributed by atoms with Crippen LogP contribution >= 0.6 is 0 Å². The summed E-state index contributed by atoms with van der Waals surface area (Å²) in [6.07, 6.45) is 3.37. The first-order chi connectivity index (χ1) is 10.9. The summed E-state index contributed by atoms with van der Waals surface area (Å²) in [6, 6.07) is 19.3. The molecule has 1 nitrogen and oxygen atoms in total. The highest BCUT2D eigenvalue weighted by molar-refractivity contribution is 6.70. The molecule has 1 atom stereocenters. The van der Waals surface area contributed by atoms with Crippen LogP contribution in [0.4, 0.5) is 0 Å². The lowest BCUT2D eigenvalue weighted by atomic mass is 9.94. The number of benzene rings is 2. The number of hydrogen-bond acceptors (Lipinski definition) is 1. The molecule has 122 valence electrons. The minimum Gasteiger partial charge on any atom is -0.544 e. The fourth-order valence-corrected chi connectivity index (χ4v) is 3.42. The standard InChI is InChI=1S/C21H28OSi/c1-6-18(19-10-8-7-9-11-19)16-21(22-23(3,4)5)20-14-12-17(2)13-15-20/h7-16,18H,6H2,1-5H3/b21-16-/t18-/m1/s1. The largest absolute Gasteiger partial charge is 0.544 e. The van der Waals surface area contributed by atoms with Crippen molar-refractivity contribution in [1.29, 1.82) is 0 Å². The lowest BCUT2D eigenvalue weighted by molar-refractivity contribution is 0.510. The van der Waals surface area contributed by atoms with Gasteiger partial charge in [-0.25, -0.2) is 0 Å². The van der Waals surface area contributed by atoms with E-state index < -0.39 is 8.32 Å². The molecule has 0 unspecified atom stereocenters. The molecule has 0 heterocycles. The van der Waals surface area contributed by atoms with Crippen LogP contribution in [0.3, 0.4) is 0 Å². The summed E-state index contributed by atoms with van der Waals surface area (Å²) in [6.45, 7) is 11.1. The zero-order chi connectivity index (χ0) is 16.9. The van der Waals surface area contributed by atoms with Crippen molar-refractivity contribution in [3.63, 3.8) is 0 Å². The van der Waals surface area contributed by atoms with E-state index in [9.17, 15) is 0 Å². The molecule has 2 rings (SSSR count). The highest BCUT2D eigenvalue weighted by Gasteiger charge is 2.20. The van der Waals surface area contributed by atoms with E-state index in [4.69, 9.17) is 4.43 Å². The molecule has 0 aromatic heterocycles. The van der Waals surface area contributed by atoms with Crippen LogP contribution in [-0.2, 0) is 4.43 Å². The first-order valence-corrected chi connectivity index (χ1v) is 11.8. The molecule has 0 aliphatic carbocycles. The quantitative estimate of drug-likeness (QED) is 0.442. The molecule has 0 saturated heterocycles. The molecule has 0 spiro atoms. The second-order valence-electron chi connectivity index (χ2n) is 7.04. The maximum Gasteiger partial charge on any atom is 0.242 e. The van der Waals surface area contributed by atoms with E-state index in [0.29, 0.717) is 5.92 Å². The predicted molar refractivity (Wildman–Crippen MR) is 103 cm³/mol. The third-order valence-electron chi connectivity index (χ3n) is 3.77. The average molecular weight is 325 g/mol. The number of allylic oxidation sites excluding steroid dienone is 1. The van der Waals surface area contributed by atoms with E-state index in [-0.39, 0.29) is 0 Å². The van der Waals surface area contributed by atoms with E-state index in [1.54, 1.807) is 0 Å². The van der Waals surface area contributed by atoms with Gasteiger partial charge in [0.15, 0.2) is 0 Å². The molecule has 0 aliphatic heterocycles. The smallest absolute Gasteiger partial charge is 0.242 e. The zero-order valence-electron chi connectivity index (χ0n) is 15.0. The summed E-state index contributed by atoms with van der Waals surface area (Å²) in [4.78, 5) is 0. The lowest BCUT2D eigenvalue weighted by Gasteiger charge is -2.24. The van der Waals surface area contributed by atoms with Crippen molar-refractivity contribution in [2.24, 2.45) is 0 Å². The number of aryl methyl sites for hydroxylation is 1. The van der Waals surface area contributed by atoms with E-state index in [0.717, 1.165) is 12.2 Å². The summed E-state index contributed by atoms with van der Waals surface area (Å²) >= 11 is 0. The van der Waals surface area contributed by atoms with Gasteiger partial charge in [0.1, 0.15) is 5.76 Å². The second kappa shape index (κ2) is 7.65. The minimum absolute atomic E-state index is 0.379. The average Bonchev–Trinajstić information content (AvgIpc) is 2.52. The molecule has 0 amide bonds. The van der Waals surface area contributed by atoms with Crippen molar-refractivity contribution in [2.75, 3.05) is 0 Å². The molecule has 2 aromatic rings. The maximum absolute atomic E-state index is 6.42. The Morgan fingerprint density at radius 2 is 1.61 bits per heavy atom. The summed E-state index contributed by atoms with van der Waals surface area (Å²) in [5.41, 5.74) is 3.79. The van der Waals surface area contributed by atoms with Crippen LogP contribution < -0.4 is 0 Å². The first-order valence-electron chi connectivity index (χ1n) is 8.42. The summed E-state index contributed by atoms with van der Waals surface area (Å²) in [7, 11) is -1.67. The Balaban J connectivity index is 2.40. The first kappa shape index (κ1) is 17.5. The second-order valence-corrected chi connectivity index (χ2v) is 11.5. The van der Waals surface area contributed by atoms with Gasteiger partial charge in [-0.1, -0.05) is 67.1 Å². The van der Waals surface area contributed by atoms with E-state index in [1.165, 1.54) is 16.7 Å². The van der Waals surface area contributed by atoms with Crippen molar-refractivity contribution in [2.45, 2.75) is 45.8 Å². The van der Waals surface area contributed by atoms with Gasteiger partial charge in [-0.15, -0.1) is 0 Å². The Bertz CT molecular complexity index is 636. The highest BCUT2D eigenvalue weighted by Crippen LogP contribution is 2.29. The van der Waals surface area contributed by atoms with Crippen molar-refractivity contribution in [1.82, 2.24) is 0 Å². The molecule has 2 heteroatoms. The van der Waals surface area contributed by atoms with Gasteiger partial charge in [0, 0.05) is 11.5 Å². The van der Waals surface area contributed by atoms with Crippen LogP contribution in [0, 0.1) is 6.92 Å². The number of hydrogen-bond donors (Lipinski definition) is 0. The maximum atomic E-state index is 6.42. The van der Waals surface area contributed by atoms with Gasteiger partial charge in [0.05, 0.1) is 0 Å². The van der Waals surface area contributed by atoms with Crippen molar-refractivity contribution in [3.05, 3.63) is 77.4 Å². The molecular formula is C21H28OSi. The molecule has 0 radical (unpaired) electrons. The van der Waals surface area contributed by atoms with Crippen LogP contribution in [0.15, 0.2) is 60.7 Å². The van der Waals surface area contributed by atoms with E-state index in [1.807, 2.05) is 0 Å². The van der Waals surface area contributed by atoms with Gasteiger partial charge in [0.2, 0.25) is 8.32 Å². The summed E-state index contributed by atoms with van der Waals surface area (Å²) < 4.78 is 6.42. The van der Waals surface area contributed by atoms with Crippen molar-refractivity contribution < 1.29 is 4.43 Å². The van der Waals surface area contributed by atoms with E-state index in [2.05, 4.69) is 94.2 Å². The van der Waals surface area contributed by atoms with Gasteiger partial charge in [-0.2, -0.15) is 0 Å². The van der Waals surface area contributed by atoms with Gasteiger partial charge >= 0.3 is 0 Å². The molecule has 23 heavy (non-hydrogen) atoms. The Labute approximate surface area is 142 Å². The summed E-state index contributed by atoms with van der Waals surface area (Å²) in [5.74, 6) is 1.41. The van der Waals surface area contributed by atoms with Crippen molar-refractivity contribution in [3.8, 4) is 0 Å². The lowest BCUT2D eigenvalue weighted by Crippen LogP contribution is -2.24. The topological polar surface area (TPSA) is 9.23 Å². The van der Waals surface area contributed by atoms with Gasteiger partial charge in [-0.05, 0) is 44.6 Å². The third kappa shape index (κ3) is 5.40. The van der Waals surface area contributed by atoms with Crippen LogP contribution in [0.2, 0.25) is 19.6 Å². The van der Waals surface area contributed by atoms with Crippen LogP contribution in [0.5, 0.6) is 0 Å². The molecule has 0 N–H and O–H groups in total. The SMILES string of the molecule is CC[C@H](/C=C(\O[Si](C)(C)C)c1ccc(C)cc1)c1ccccc1. The van der Waals surface area contributed by atoms with Crippen LogP contribution in [0.25, 0.3) is 5.76 Å².